The zero-order valence-corrected chi connectivity index (χ0v) is 24.3. The Labute approximate surface area is 218 Å². The van der Waals surface area contributed by atoms with Gasteiger partial charge in [-0.2, -0.15) is 0 Å². The average Bonchev–Trinajstić information content (AvgIpc) is 3.29. The van der Waals surface area contributed by atoms with Gasteiger partial charge in [-0.15, -0.1) is 39.1 Å². The number of fused-ring (bicyclic) bond motifs is 1. The Morgan fingerprint density at radius 2 is 1.79 bits per heavy atom. The number of aromatic nitrogens is 1. The summed E-state index contributed by atoms with van der Waals surface area (Å²) < 4.78 is 2.55. The van der Waals surface area contributed by atoms with Crippen LogP contribution in [-0.2, 0) is 0 Å². The minimum atomic E-state index is -0.174. The molecule has 3 aromatic carbocycles. The summed E-state index contributed by atoms with van der Waals surface area (Å²) in [6.07, 6.45) is 2.21. The number of rotatable bonds is 7. The molecule has 0 aliphatic heterocycles. The van der Waals surface area contributed by atoms with Crippen molar-refractivity contribution in [3.8, 4) is 10.6 Å². The maximum Gasteiger partial charge on any atom is 0.268 e. The van der Waals surface area contributed by atoms with E-state index in [0.717, 1.165) is 67.2 Å². The lowest BCUT2D eigenvalue weighted by atomic mass is 9.88. The van der Waals surface area contributed by atoms with E-state index in [2.05, 4.69) is 58.8 Å². The topological polar surface area (TPSA) is 45.2 Å². The van der Waals surface area contributed by atoms with Crippen LogP contribution in [0.1, 0.15) is 30.1 Å². The molecule has 3 atom stereocenters. The highest BCUT2D eigenvalue weighted by Crippen LogP contribution is 2.37. The van der Waals surface area contributed by atoms with E-state index in [4.69, 9.17) is 4.98 Å². The van der Waals surface area contributed by atoms with E-state index in [1.54, 1.807) is 11.3 Å². The molecule has 34 heavy (non-hydrogen) atoms. The smallest absolute Gasteiger partial charge is 0.268 e. The lowest BCUT2D eigenvalue weighted by molar-refractivity contribution is 0.101. The van der Waals surface area contributed by atoms with Crippen molar-refractivity contribution in [2.75, 3.05) is 16.2 Å². The van der Waals surface area contributed by atoms with E-state index in [1.807, 2.05) is 50.3 Å². The zero-order chi connectivity index (χ0) is 24.4. The SMILES string of the molecule is Bc1c(P)c(NCCCC)c(P)c(P)c1C(=O)N(S)c1ccccc1-c1nc2ccccc2s1. The van der Waals surface area contributed by atoms with E-state index in [1.165, 1.54) is 4.31 Å². The van der Waals surface area contributed by atoms with Crippen LogP contribution in [0.5, 0.6) is 0 Å². The van der Waals surface area contributed by atoms with Gasteiger partial charge in [0.1, 0.15) is 12.9 Å². The Kier molecular flexibility index (Phi) is 8.34. The predicted octanol–water partition coefficient (Wildman–Crippen LogP) is 3.43. The largest absolute Gasteiger partial charge is 0.384 e. The first-order valence-electron chi connectivity index (χ1n) is 11.0. The lowest BCUT2D eigenvalue weighted by Gasteiger charge is -2.24. The number of carbonyl (C=O) groups excluding carboxylic acids is 1. The van der Waals surface area contributed by atoms with Crippen molar-refractivity contribution in [3.05, 3.63) is 54.1 Å². The first kappa shape index (κ1) is 25.6. The van der Waals surface area contributed by atoms with E-state index in [0.29, 0.717) is 11.3 Å². The molecular weight excluding hydrogens is 514 g/mol. The predicted molar refractivity (Wildman–Crippen MR) is 167 cm³/mol. The molecule has 1 N–H and O–H groups in total. The number of hydrogen-bond donors (Lipinski definition) is 2. The molecule has 0 aliphatic rings. The normalized spacial score (nSPS) is 11.1. The number of carbonyl (C=O) groups is 1. The van der Waals surface area contributed by atoms with Crippen molar-refractivity contribution < 1.29 is 4.79 Å². The summed E-state index contributed by atoms with van der Waals surface area (Å²) in [5.41, 5.74) is 5.13. The van der Waals surface area contributed by atoms with Crippen molar-refractivity contribution in [1.82, 2.24) is 4.98 Å². The molecule has 0 spiro atoms. The maximum absolute atomic E-state index is 13.8. The number of para-hydroxylation sites is 2. The third kappa shape index (κ3) is 4.92. The first-order valence-corrected chi connectivity index (χ1v) is 14.0. The molecule has 0 fully saturated rings. The standard InChI is InChI=1S/C24H27BN3OP3S2/c1-2-3-12-26-19-21(31)18(25)17(20(30)22(19)32)24(29)28(33)15-10-6-4-8-13(15)23-27-14-9-5-7-11-16(14)34-23/h4-11,26,33H,2-3,12,25,30-32H2,1H3. The van der Waals surface area contributed by atoms with Gasteiger partial charge in [0.15, 0.2) is 0 Å². The molecule has 1 heterocycles. The first-order chi connectivity index (χ1) is 16.3. The van der Waals surface area contributed by atoms with Crippen LogP contribution in [0.15, 0.2) is 48.5 Å². The number of unbranched alkanes of at least 4 members (excludes halogenated alkanes) is 1. The van der Waals surface area contributed by atoms with Gasteiger partial charge < -0.3 is 5.32 Å². The van der Waals surface area contributed by atoms with Gasteiger partial charge in [-0.3, -0.25) is 9.10 Å². The fourth-order valence-electron chi connectivity index (χ4n) is 3.84. The van der Waals surface area contributed by atoms with Crippen molar-refractivity contribution >= 4 is 109 Å². The van der Waals surface area contributed by atoms with Gasteiger partial charge in [0.25, 0.3) is 5.91 Å². The van der Waals surface area contributed by atoms with Gasteiger partial charge in [0, 0.05) is 28.7 Å². The summed E-state index contributed by atoms with van der Waals surface area (Å²) in [5, 5.41) is 7.22. The monoisotopic (exact) mass is 541 g/mol. The van der Waals surface area contributed by atoms with Gasteiger partial charge in [-0.1, -0.05) is 55.9 Å². The van der Waals surface area contributed by atoms with E-state index >= 15 is 0 Å². The third-order valence-electron chi connectivity index (χ3n) is 5.77. The molecule has 4 nitrogen and oxygen atoms in total. The highest BCUT2D eigenvalue weighted by atomic mass is 32.1. The summed E-state index contributed by atoms with van der Waals surface area (Å²) in [6.45, 7) is 3.07. The molecule has 1 aromatic heterocycles. The van der Waals surface area contributed by atoms with E-state index in [9.17, 15) is 4.79 Å². The van der Waals surface area contributed by atoms with E-state index < -0.39 is 0 Å². The molecule has 0 bridgehead atoms. The zero-order valence-electron chi connectivity index (χ0n) is 19.1. The molecule has 3 unspecified atom stereocenters. The number of nitrogens with one attached hydrogen (secondary N) is 1. The van der Waals surface area contributed by atoms with Gasteiger partial charge in [-0.25, -0.2) is 4.98 Å². The third-order valence-corrected chi connectivity index (χ3v) is 9.49. The van der Waals surface area contributed by atoms with Crippen LogP contribution >= 0.6 is 51.9 Å². The number of hydrogen-bond acceptors (Lipinski definition) is 5. The number of amides is 1. The van der Waals surface area contributed by atoms with Crippen LogP contribution in [-0.4, -0.2) is 25.3 Å². The van der Waals surface area contributed by atoms with Gasteiger partial charge in [0.2, 0.25) is 0 Å². The molecule has 0 radical (unpaired) electrons. The van der Waals surface area contributed by atoms with E-state index in [-0.39, 0.29) is 5.91 Å². The molecule has 1 amide bonds. The molecule has 0 saturated carbocycles. The lowest BCUT2D eigenvalue weighted by Crippen LogP contribution is -2.43. The Balaban J connectivity index is 1.74. The Hall–Kier alpha value is -1.48. The Morgan fingerprint density at radius 1 is 1.09 bits per heavy atom. The molecular formula is C24H27BN3OP3S2. The fraction of sp³-hybridized carbons (Fsp3) is 0.167. The molecule has 0 saturated heterocycles. The highest BCUT2D eigenvalue weighted by Gasteiger charge is 2.25. The second-order valence-electron chi connectivity index (χ2n) is 8.02. The summed E-state index contributed by atoms with van der Waals surface area (Å²) in [5.74, 6) is -0.174. The van der Waals surface area contributed by atoms with Gasteiger partial charge in [-0.05, 0) is 41.3 Å². The number of benzene rings is 3. The van der Waals surface area contributed by atoms with Crippen LogP contribution in [0.4, 0.5) is 11.4 Å². The maximum atomic E-state index is 13.8. The Morgan fingerprint density at radius 3 is 2.53 bits per heavy atom. The second kappa shape index (κ2) is 11.1. The number of anilines is 2. The van der Waals surface area contributed by atoms with Crippen LogP contribution in [0.3, 0.4) is 0 Å². The van der Waals surface area contributed by atoms with Crippen LogP contribution in [0.25, 0.3) is 20.8 Å². The molecule has 4 rings (SSSR count). The van der Waals surface area contributed by atoms with Crippen molar-refractivity contribution in [1.29, 1.82) is 0 Å². The second-order valence-corrected chi connectivity index (χ2v) is 11.2. The van der Waals surface area contributed by atoms with Crippen molar-refractivity contribution in [2.24, 2.45) is 0 Å². The van der Waals surface area contributed by atoms with Crippen molar-refractivity contribution in [2.45, 2.75) is 19.8 Å². The van der Waals surface area contributed by atoms with Gasteiger partial charge >= 0.3 is 0 Å². The van der Waals surface area contributed by atoms with Crippen molar-refractivity contribution in [3.63, 3.8) is 0 Å². The summed E-state index contributed by atoms with van der Waals surface area (Å²) in [4.78, 5) is 18.6. The quantitative estimate of drug-likeness (QED) is 0.163. The summed E-state index contributed by atoms with van der Waals surface area (Å²) >= 11 is 6.30. The Bertz CT molecular complexity index is 1320. The van der Waals surface area contributed by atoms with Gasteiger partial charge in [0.05, 0.1) is 15.9 Å². The summed E-state index contributed by atoms with van der Waals surface area (Å²) in [6, 6.07) is 15.8. The number of nitrogens with zero attached hydrogens (tertiary/aromatic N) is 2. The number of thiazole rings is 1. The van der Waals surface area contributed by atoms with Crippen LogP contribution < -0.4 is 31.0 Å². The molecule has 10 heteroatoms. The fourth-order valence-corrected chi connectivity index (χ4v) is 6.57. The highest BCUT2D eigenvalue weighted by molar-refractivity contribution is 7.82. The van der Waals surface area contributed by atoms with Crippen LogP contribution in [0, 0.1) is 0 Å². The average molecular weight is 541 g/mol. The molecule has 0 aliphatic carbocycles. The number of thiol groups is 1. The van der Waals surface area contributed by atoms with Crippen LogP contribution in [0.2, 0.25) is 0 Å². The summed E-state index contributed by atoms with van der Waals surface area (Å²) in [7, 11) is 10.3. The molecule has 4 aromatic rings. The minimum Gasteiger partial charge on any atom is -0.384 e. The minimum absolute atomic E-state index is 0.174. The molecule has 174 valence electrons.